The Labute approximate surface area is 188 Å². The second kappa shape index (κ2) is 8.08. The molecule has 0 spiro atoms. The molecule has 1 aliphatic rings. The SMILES string of the molecule is COc1ccc(-c2nn(C)c3sc(C(=O)NCc4ccc5c(c4)OCO5)cc23)cc1OC. The molecule has 0 aliphatic carbocycles. The maximum absolute atomic E-state index is 12.8. The minimum Gasteiger partial charge on any atom is -0.493 e. The van der Waals surface area contributed by atoms with Crippen LogP contribution >= 0.6 is 11.3 Å². The molecule has 0 radical (unpaired) electrons. The molecule has 1 amide bonds. The van der Waals surface area contributed by atoms with Crippen LogP contribution in [0.1, 0.15) is 15.2 Å². The number of nitrogens with one attached hydrogen (secondary N) is 1. The molecule has 0 atom stereocenters. The number of nitrogens with zero attached hydrogens (tertiary/aromatic N) is 2. The average Bonchev–Trinajstić information content (AvgIpc) is 3.53. The number of ether oxygens (including phenoxy) is 4. The van der Waals surface area contributed by atoms with Crippen molar-refractivity contribution in [2.75, 3.05) is 21.0 Å². The van der Waals surface area contributed by atoms with E-state index in [0.717, 1.165) is 32.8 Å². The van der Waals surface area contributed by atoms with Crippen molar-refractivity contribution >= 4 is 27.5 Å². The lowest BCUT2D eigenvalue weighted by Gasteiger charge is -2.08. The summed E-state index contributed by atoms with van der Waals surface area (Å²) in [5, 5.41) is 8.54. The van der Waals surface area contributed by atoms with Crippen molar-refractivity contribution in [2.24, 2.45) is 7.05 Å². The van der Waals surface area contributed by atoms with Gasteiger partial charge in [-0.3, -0.25) is 9.48 Å². The van der Waals surface area contributed by atoms with Crippen molar-refractivity contribution in [3.05, 3.63) is 52.9 Å². The van der Waals surface area contributed by atoms with E-state index in [1.165, 1.54) is 11.3 Å². The zero-order valence-corrected chi connectivity index (χ0v) is 18.6. The van der Waals surface area contributed by atoms with Gasteiger partial charge in [0.1, 0.15) is 10.5 Å². The van der Waals surface area contributed by atoms with Gasteiger partial charge in [-0.05, 0) is 42.0 Å². The molecule has 2 aromatic heterocycles. The van der Waals surface area contributed by atoms with Gasteiger partial charge in [-0.25, -0.2) is 0 Å². The molecule has 0 bridgehead atoms. The van der Waals surface area contributed by atoms with Gasteiger partial charge in [-0.2, -0.15) is 5.10 Å². The third-order valence-electron chi connectivity index (χ3n) is 5.28. The van der Waals surface area contributed by atoms with Crippen LogP contribution in [0.5, 0.6) is 23.0 Å². The van der Waals surface area contributed by atoms with Gasteiger partial charge in [0.15, 0.2) is 23.0 Å². The molecule has 2 aromatic carbocycles. The third kappa shape index (κ3) is 3.50. The first-order valence-corrected chi connectivity index (χ1v) is 10.7. The molecule has 0 unspecified atom stereocenters. The zero-order valence-electron chi connectivity index (χ0n) is 17.8. The summed E-state index contributed by atoms with van der Waals surface area (Å²) in [7, 11) is 5.07. The van der Waals surface area contributed by atoms with Crippen LogP contribution in [0.2, 0.25) is 0 Å². The Morgan fingerprint density at radius 2 is 1.91 bits per heavy atom. The van der Waals surface area contributed by atoms with Crippen molar-refractivity contribution in [3.63, 3.8) is 0 Å². The summed E-state index contributed by atoms with van der Waals surface area (Å²) >= 11 is 1.41. The number of hydrogen-bond donors (Lipinski definition) is 1. The van der Waals surface area contributed by atoms with Crippen LogP contribution in [0, 0.1) is 0 Å². The number of aromatic nitrogens is 2. The average molecular weight is 452 g/mol. The van der Waals surface area contributed by atoms with Gasteiger partial charge in [0, 0.05) is 24.5 Å². The first kappa shape index (κ1) is 20.2. The van der Waals surface area contributed by atoms with Crippen molar-refractivity contribution < 1.29 is 23.7 Å². The minimum absolute atomic E-state index is 0.137. The van der Waals surface area contributed by atoms with E-state index in [4.69, 9.17) is 18.9 Å². The lowest BCUT2D eigenvalue weighted by molar-refractivity contribution is 0.0955. The number of fused-ring (bicyclic) bond motifs is 2. The predicted octanol–water partition coefficient (Wildman–Crippen LogP) is 3.98. The molecular formula is C23H21N3O5S. The highest BCUT2D eigenvalue weighted by Crippen LogP contribution is 2.37. The molecule has 32 heavy (non-hydrogen) atoms. The van der Waals surface area contributed by atoms with Crippen LogP contribution in [0.3, 0.4) is 0 Å². The standard InChI is InChI=1S/C23H21N3O5S/c1-26-23-15(21(25-26)14-5-7-16(28-2)18(9-14)29-3)10-20(32-23)22(27)24-11-13-4-6-17-19(8-13)31-12-30-17/h4-10H,11-12H2,1-3H3,(H,24,27). The van der Waals surface area contributed by atoms with Crippen LogP contribution < -0.4 is 24.3 Å². The Balaban J connectivity index is 1.39. The van der Waals surface area contributed by atoms with Gasteiger partial charge in [0.05, 0.1) is 19.1 Å². The summed E-state index contributed by atoms with van der Waals surface area (Å²) in [6, 6.07) is 13.2. The summed E-state index contributed by atoms with van der Waals surface area (Å²) in [5.74, 6) is 2.56. The summed E-state index contributed by atoms with van der Waals surface area (Å²) in [5.41, 5.74) is 2.62. The fourth-order valence-electron chi connectivity index (χ4n) is 3.67. The smallest absolute Gasteiger partial charge is 0.261 e. The summed E-state index contributed by atoms with van der Waals surface area (Å²) in [6.45, 7) is 0.619. The number of thiophene rings is 1. The summed E-state index contributed by atoms with van der Waals surface area (Å²) in [6.07, 6.45) is 0. The van der Waals surface area contributed by atoms with Gasteiger partial charge in [-0.1, -0.05) is 6.07 Å². The minimum atomic E-state index is -0.137. The van der Waals surface area contributed by atoms with Crippen LogP contribution in [0.25, 0.3) is 21.5 Å². The van der Waals surface area contributed by atoms with E-state index in [2.05, 4.69) is 10.4 Å². The number of benzene rings is 2. The molecule has 164 valence electrons. The Bertz CT molecular complexity index is 1330. The first-order valence-electron chi connectivity index (χ1n) is 9.93. The zero-order chi connectivity index (χ0) is 22.2. The molecule has 0 saturated carbocycles. The quantitative estimate of drug-likeness (QED) is 0.478. The number of methoxy groups -OCH3 is 2. The Morgan fingerprint density at radius 1 is 1.09 bits per heavy atom. The van der Waals surface area contributed by atoms with Crippen LogP contribution in [-0.2, 0) is 13.6 Å². The Hall–Kier alpha value is -3.72. The van der Waals surface area contributed by atoms with E-state index in [1.54, 1.807) is 18.9 Å². The molecular weight excluding hydrogens is 430 g/mol. The second-order valence-corrected chi connectivity index (χ2v) is 8.27. The number of rotatable bonds is 6. The second-order valence-electron chi connectivity index (χ2n) is 7.24. The third-order valence-corrected chi connectivity index (χ3v) is 6.48. The maximum Gasteiger partial charge on any atom is 0.261 e. The number of aryl methyl sites for hydroxylation is 1. The highest BCUT2D eigenvalue weighted by molar-refractivity contribution is 7.20. The van der Waals surface area contributed by atoms with Crippen molar-refractivity contribution in [3.8, 4) is 34.3 Å². The van der Waals surface area contributed by atoms with E-state index in [1.807, 2.05) is 49.5 Å². The van der Waals surface area contributed by atoms with Crippen molar-refractivity contribution in [1.29, 1.82) is 0 Å². The van der Waals surface area contributed by atoms with E-state index in [9.17, 15) is 4.79 Å². The van der Waals surface area contributed by atoms with Crippen LogP contribution in [0.4, 0.5) is 0 Å². The van der Waals surface area contributed by atoms with Gasteiger partial charge < -0.3 is 24.3 Å². The maximum atomic E-state index is 12.8. The summed E-state index contributed by atoms with van der Waals surface area (Å²) < 4.78 is 23.3. The van der Waals surface area contributed by atoms with Crippen molar-refractivity contribution in [1.82, 2.24) is 15.1 Å². The number of amides is 1. The monoisotopic (exact) mass is 451 g/mol. The Morgan fingerprint density at radius 3 is 2.72 bits per heavy atom. The lowest BCUT2D eigenvalue weighted by Crippen LogP contribution is -2.21. The Kier molecular flexibility index (Phi) is 5.10. The van der Waals surface area contributed by atoms with E-state index < -0.39 is 0 Å². The van der Waals surface area contributed by atoms with E-state index in [0.29, 0.717) is 28.7 Å². The summed E-state index contributed by atoms with van der Waals surface area (Å²) in [4.78, 5) is 14.4. The fourth-order valence-corrected chi connectivity index (χ4v) is 4.66. The predicted molar refractivity (Wildman–Crippen MR) is 121 cm³/mol. The van der Waals surface area contributed by atoms with Gasteiger partial charge >= 0.3 is 0 Å². The number of carbonyl (C=O) groups is 1. The van der Waals surface area contributed by atoms with E-state index in [-0.39, 0.29) is 12.7 Å². The topological polar surface area (TPSA) is 83.8 Å². The van der Waals surface area contributed by atoms with Gasteiger partial charge in [-0.15, -0.1) is 11.3 Å². The van der Waals surface area contributed by atoms with Crippen LogP contribution in [-0.4, -0.2) is 36.7 Å². The van der Waals surface area contributed by atoms with Gasteiger partial charge in [0.2, 0.25) is 6.79 Å². The molecule has 0 fully saturated rings. The number of carbonyl (C=O) groups excluding carboxylic acids is 1. The molecule has 1 aliphatic heterocycles. The molecule has 8 nitrogen and oxygen atoms in total. The van der Waals surface area contributed by atoms with E-state index >= 15 is 0 Å². The molecule has 1 N–H and O–H groups in total. The highest BCUT2D eigenvalue weighted by atomic mass is 32.1. The molecule has 3 heterocycles. The molecule has 5 rings (SSSR count). The largest absolute Gasteiger partial charge is 0.493 e. The van der Waals surface area contributed by atoms with Crippen molar-refractivity contribution in [2.45, 2.75) is 6.54 Å². The lowest BCUT2D eigenvalue weighted by atomic mass is 10.1. The first-order chi connectivity index (χ1) is 15.6. The van der Waals surface area contributed by atoms with Gasteiger partial charge in [0.25, 0.3) is 5.91 Å². The fraction of sp³-hybridized carbons (Fsp3) is 0.217. The molecule has 0 saturated heterocycles. The molecule has 4 aromatic rings. The molecule has 9 heteroatoms. The number of hydrogen-bond acceptors (Lipinski definition) is 7. The normalized spacial score (nSPS) is 12.2. The highest BCUT2D eigenvalue weighted by Gasteiger charge is 2.19. The van der Waals surface area contributed by atoms with Crippen LogP contribution in [0.15, 0.2) is 42.5 Å².